The van der Waals surface area contributed by atoms with Crippen LogP contribution in [0.15, 0.2) is 119 Å². The molecule has 1 heterocycles. The Bertz CT molecular complexity index is 1740. The van der Waals surface area contributed by atoms with Gasteiger partial charge in [-0.25, -0.2) is 4.98 Å². The highest BCUT2D eigenvalue weighted by molar-refractivity contribution is 7.86. The SMILES string of the molecule is Cc1ccc(S(=O)(=O)OC(C)c2nc3ccccc3c(=O)n2C(NCc2ccccc2)c2ccccc2)cc1. The standard InChI is InChI=1S/C31H29N3O4S/c1-22-17-19-26(20-18-22)39(36,37)38-23(2)29-33-28-16-10-9-15-27(28)31(35)34(29)30(25-13-7-4-8-14-25)32-21-24-11-5-3-6-12-24/h3-20,23,30,32H,21H2,1-2H3. The van der Waals surface area contributed by atoms with Gasteiger partial charge in [-0.05, 0) is 49.2 Å². The Morgan fingerprint density at radius 3 is 2.15 bits per heavy atom. The van der Waals surface area contributed by atoms with Crippen LogP contribution in [-0.4, -0.2) is 18.0 Å². The van der Waals surface area contributed by atoms with E-state index in [1.165, 1.54) is 16.7 Å². The molecule has 2 atom stereocenters. The van der Waals surface area contributed by atoms with E-state index in [1.807, 2.05) is 67.6 Å². The first-order valence-electron chi connectivity index (χ1n) is 12.7. The second kappa shape index (κ2) is 11.3. The van der Waals surface area contributed by atoms with Crippen molar-refractivity contribution in [3.63, 3.8) is 0 Å². The minimum absolute atomic E-state index is 0.0384. The molecular formula is C31H29N3O4S. The average Bonchev–Trinajstić information content (AvgIpc) is 2.95. The Morgan fingerprint density at radius 2 is 1.46 bits per heavy atom. The molecule has 1 N–H and O–H groups in total. The predicted octanol–water partition coefficient (Wildman–Crippen LogP) is 5.51. The Balaban J connectivity index is 1.63. The van der Waals surface area contributed by atoms with Crippen LogP contribution in [0.4, 0.5) is 0 Å². The lowest BCUT2D eigenvalue weighted by atomic mass is 10.1. The topological polar surface area (TPSA) is 90.3 Å². The van der Waals surface area contributed by atoms with Gasteiger partial charge < -0.3 is 0 Å². The first kappa shape index (κ1) is 26.5. The molecule has 5 aromatic rings. The molecule has 0 radical (unpaired) electrons. The minimum Gasteiger partial charge on any atom is -0.289 e. The van der Waals surface area contributed by atoms with Crippen molar-refractivity contribution in [2.24, 2.45) is 0 Å². The van der Waals surface area contributed by atoms with Crippen LogP contribution in [0, 0.1) is 6.92 Å². The van der Waals surface area contributed by atoms with Crippen molar-refractivity contribution >= 4 is 21.0 Å². The number of aromatic nitrogens is 2. The van der Waals surface area contributed by atoms with Crippen LogP contribution in [0.3, 0.4) is 0 Å². The van der Waals surface area contributed by atoms with E-state index in [4.69, 9.17) is 9.17 Å². The highest BCUT2D eigenvalue weighted by Crippen LogP contribution is 2.27. The third kappa shape index (κ3) is 5.83. The zero-order valence-corrected chi connectivity index (χ0v) is 22.5. The first-order valence-corrected chi connectivity index (χ1v) is 14.1. The van der Waals surface area contributed by atoms with Gasteiger partial charge in [-0.1, -0.05) is 90.5 Å². The predicted molar refractivity (Wildman–Crippen MR) is 152 cm³/mol. The maximum absolute atomic E-state index is 14.0. The molecule has 0 bridgehead atoms. The second-order valence-electron chi connectivity index (χ2n) is 9.35. The molecule has 8 heteroatoms. The Kier molecular flexibility index (Phi) is 7.70. The summed E-state index contributed by atoms with van der Waals surface area (Å²) < 4.78 is 33.5. The van der Waals surface area contributed by atoms with Crippen LogP contribution in [0.2, 0.25) is 0 Å². The summed E-state index contributed by atoms with van der Waals surface area (Å²) in [6.45, 7) is 3.94. The van der Waals surface area contributed by atoms with Crippen molar-refractivity contribution in [3.8, 4) is 0 Å². The molecule has 0 saturated carbocycles. The number of hydrogen-bond acceptors (Lipinski definition) is 6. The van der Waals surface area contributed by atoms with Crippen molar-refractivity contribution in [3.05, 3.63) is 142 Å². The lowest BCUT2D eigenvalue weighted by molar-refractivity contribution is 0.211. The van der Waals surface area contributed by atoms with Gasteiger partial charge in [0.2, 0.25) is 0 Å². The monoisotopic (exact) mass is 539 g/mol. The Hall–Kier alpha value is -4.11. The highest BCUT2D eigenvalue weighted by Gasteiger charge is 2.28. The number of nitrogens with zero attached hydrogens (tertiary/aromatic N) is 2. The van der Waals surface area contributed by atoms with Crippen LogP contribution in [0.25, 0.3) is 10.9 Å². The number of para-hydroxylation sites is 1. The molecule has 0 fully saturated rings. The molecule has 0 saturated heterocycles. The summed E-state index contributed by atoms with van der Waals surface area (Å²) in [4.78, 5) is 18.8. The summed E-state index contributed by atoms with van der Waals surface area (Å²) in [7, 11) is -4.13. The molecule has 39 heavy (non-hydrogen) atoms. The fraction of sp³-hybridized carbons (Fsp3) is 0.161. The van der Waals surface area contributed by atoms with Gasteiger partial charge in [0, 0.05) is 6.54 Å². The molecule has 198 valence electrons. The quantitative estimate of drug-likeness (QED) is 0.249. The van der Waals surface area contributed by atoms with Gasteiger partial charge >= 0.3 is 0 Å². The summed E-state index contributed by atoms with van der Waals surface area (Å²) in [5, 5.41) is 3.92. The van der Waals surface area contributed by atoms with E-state index in [0.717, 1.165) is 16.7 Å². The van der Waals surface area contributed by atoms with Crippen LogP contribution in [-0.2, 0) is 20.8 Å². The lowest BCUT2D eigenvalue weighted by Gasteiger charge is -2.27. The largest absolute Gasteiger partial charge is 0.297 e. The lowest BCUT2D eigenvalue weighted by Crippen LogP contribution is -2.38. The molecule has 5 rings (SSSR count). The minimum atomic E-state index is -4.13. The zero-order valence-electron chi connectivity index (χ0n) is 21.7. The molecule has 2 unspecified atom stereocenters. The van der Waals surface area contributed by atoms with Crippen molar-refractivity contribution in [1.29, 1.82) is 0 Å². The number of benzene rings is 4. The number of aryl methyl sites for hydroxylation is 1. The zero-order chi connectivity index (χ0) is 27.4. The van der Waals surface area contributed by atoms with Crippen molar-refractivity contribution in [1.82, 2.24) is 14.9 Å². The number of rotatable bonds is 9. The molecule has 0 aliphatic heterocycles. The normalized spacial score (nSPS) is 13.3. The molecule has 1 aromatic heterocycles. The Morgan fingerprint density at radius 1 is 0.846 bits per heavy atom. The van der Waals surface area contributed by atoms with E-state index in [0.29, 0.717) is 17.4 Å². The van der Waals surface area contributed by atoms with Crippen LogP contribution >= 0.6 is 0 Å². The van der Waals surface area contributed by atoms with Crippen LogP contribution < -0.4 is 10.9 Å². The first-order chi connectivity index (χ1) is 18.8. The van der Waals surface area contributed by atoms with E-state index in [9.17, 15) is 13.2 Å². The summed E-state index contributed by atoms with van der Waals surface area (Å²) in [5.41, 5.74) is 2.96. The van der Waals surface area contributed by atoms with E-state index >= 15 is 0 Å². The van der Waals surface area contributed by atoms with Gasteiger partial charge in [0.05, 0.1) is 15.8 Å². The Labute approximate surface area is 227 Å². The maximum Gasteiger partial charge on any atom is 0.297 e. The summed E-state index contributed by atoms with van der Waals surface area (Å²) in [6, 6.07) is 32.9. The number of fused-ring (bicyclic) bond motifs is 1. The molecule has 4 aromatic carbocycles. The van der Waals surface area contributed by atoms with Crippen molar-refractivity contribution < 1.29 is 12.6 Å². The van der Waals surface area contributed by atoms with Gasteiger partial charge in [-0.2, -0.15) is 8.42 Å². The molecule has 0 spiro atoms. The number of nitrogens with one attached hydrogen (secondary N) is 1. The molecular weight excluding hydrogens is 510 g/mol. The number of hydrogen-bond donors (Lipinski definition) is 1. The molecule has 7 nitrogen and oxygen atoms in total. The van der Waals surface area contributed by atoms with Crippen molar-refractivity contribution in [2.75, 3.05) is 0 Å². The van der Waals surface area contributed by atoms with E-state index in [2.05, 4.69) is 5.32 Å². The maximum atomic E-state index is 14.0. The molecule has 0 amide bonds. The average molecular weight is 540 g/mol. The third-order valence-electron chi connectivity index (χ3n) is 6.50. The smallest absolute Gasteiger partial charge is 0.289 e. The molecule has 0 aliphatic carbocycles. The van der Waals surface area contributed by atoms with Gasteiger partial charge in [0.25, 0.3) is 15.7 Å². The summed E-state index contributed by atoms with van der Waals surface area (Å²) in [6.07, 6.45) is -1.70. The van der Waals surface area contributed by atoms with E-state index in [1.54, 1.807) is 43.3 Å². The summed E-state index contributed by atoms with van der Waals surface area (Å²) >= 11 is 0. The second-order valence-corrected chi connectivity index (χ2v) is 10.9. The van der Waals surface area contributed by atoms with Gasteiger partial charge in [0.1, 0.15) is 18.1 Å². The third-order valence-corrected chi connectivity index (χ3v) is 7.89. The van der Waals surface area contributed by atoms with Crippen molar-refractivity contribution in [2.45, 2.75) is 37.6 Å². The fourth-order valence-electron chi connectivity index (χ4n) is 4.50. The van der Waals surface area contributed by atoms with E-state index < -0.39 is 22.4 Å². The molecule has 0 aliphatic rings. The van der Waals surface area contributed by atoms with Gasteiger partial charge in [0.15, 0.2) is 0 Å². The fourth-order valence-corrected chi connectivity index (χ4v) is 5.54. The van der Waals surface area contributed by atoms with Crippen LogP contribution in [0.1, 0.15) is 41.7 Å². The van der Waals surface area contributed by atoms with Gasteiger partial charge in [-0.3, -0.25) is 18.9 Å². The summed E-state index contributed by atoms with van der Waals surface area (Å²) in [5.74, 6) is 0.198. The van der Waals surface area contributed by atoms with Crippen LogP contribution in [0.5, 0.6) is 0 Å². The van der Waals surface area contributed by atoms with Gasteiger partial charge in [-0.15, -0.1) is 0 Å². The highest BCUT2D eigenvalue weighted by atomic mass is 32.2. The van der Waals surface area contributed by atoms with E-state index in [-0.39, 0.29) is 16.3 Å².